The minimum Gasteiger partial charge on any atom is -0.369 e. The van der Waals surface area contributed by atoms with Crippen LogP contribution in [0.5, 0.6) is 0 Å². The summed E-state index contributed by atoms with van der Waals surface area (Å²) < 4.78 is 0. The third kappa shape index (κ3) is 3.58. The lowest BCUT2D eigenvalue weighted by Gasteiger charge is -2.30. The molecule has 1 aromatic rings. The molecule has 1 unspecified atom stereocenters. The Kier molecular flexibility index (Phi) is 5.23. The number of anilines is 1. The van der Waals surface area contributed by atoms with Crippen LogP contribution in [0.15, 0.2) is 30.3 Å². The van der Waals surface area contributed by atoms with Gasteiger partial charge in [-0.2, -0.15) is 0 Å². The van der Waals surface area contributed by atoms with E-state index in [2.05, 4.69) is 56.0 Å². The lowest BCUT2D eigenvalue weighted by Crippen LogP contribution is -2.33. The molecule has 0 saturated heterocycles. The van der Waals surface area contributed by atoms with Gasteiger partial charge in [-0.3, -0.25) is 0 Å². The predicted octanol–water partition coefficient (Wildman–Crippen LogP) is 4.09. The minimum absolute atomic E-state index is 0.638. The molecule has 1 heteroatoms. The van der Waals surface area contributed by atoms with Crippen molar-refractivity contribution in [3.8, 4) is 0 Å². The largest absolute Gasteiger partial charge is 0.369 e. The van der Waals surface area contributed by atoms with Crippen LogP contribution in [0.3, 0.4) is 0 Å². The summed E-state index contributed by atoms with van der Waals surface area (Å²) in [5.41, 5.74) is 1.36. The molecule has 1 aromatic carbocycles. The van der Waals surface area contributed by atoms with E-state index in [4.69, 9.17) is 0 Å². The smallest absolute Gasteiger partial charge is 0.0368 e. The van der Waals surface area contributed by atoms with Gasteiger partial charge in [-0.05, 0) is 31.9 Å². The van der Waals surface area contributed by atoms with E-state index in [1.165, 1.54) is 31.5 Å². The fraction of sp³-hybridized carbons (Fsp3) is 0.571. The summed E-state index contributed by atoms with van der Waals surface area (Å²) in [6.45, 7) is 7.99. The monoisotopic (exact) mass is 205 g/mol. The first kappa shape index (κ1) is 12.1. The second kappa shape index (κ2) is 6.49. The summed E-state index contributed by atoms with van der Waals surface area (Å²) >= 11 is 0. The van der Waals surface area contributed by atoms with Gasteiger partial charge >= 0.3 is 0 Å². The lowest BCUT2D eigenvalue weighted by molar-refractivity contribution is 0.596. The summed E-state index contributed by atoms with van der Waals surface area (Å²) in [5.74, 6) is 0. The molecule has 0 aliphatic rings. The van der Waals surface area contributed by atoms with E-state index in [1.807, 2.05) is 0 Å². The molecule has 1 atom stereocenters. The molecule has 15 heavy (non-hydrogen) atoms. The number of benzene rings is 1. The van der Waals surface area contributed by atoms with Gasteiger partial charge in [0.15, 0.2) is 0 Å². The molecular formula is C14H23N. The van der Waals surface area contributed by atoms with Crippen molar-refractivity contribution in [1.29, 1.82) is 0 Å². The Bertz CT molecular complexity index is 255. The van der Waals surface area contributed by atoms with Crippen molar-refractivity contribution in [2.45, 2.75) is 46.1 Å². The van der Waals surface area contributed by atoms with E-state index < -0.39 is 0 Å². The van der Waals surface area contributed by atoms with Gasteiger partial charge in [0.1, 0.15) is 0 Å². The number of hydrogen-bond acceptors (Lipinski definition) is 1. The Hall–Kier alpha value is -0.980. The first-order valence-electron chi connectivity index (χ1n) is 6.11. The fourth-order valence-electron chi connectivity index (χ4n) is 1.77. The van der Waals surface area contributed by atoms with Gasteiger partial charge in [0.05, 0.1) is 0 Å². The Balaban J connectivity index is 2.72. The molecule has 0 bridgehead atoms. The molecule has 84 valence electrons. The molecule has 1 nitrogen and oxygen atoms in total. The highest BCUT2D eigenvalue weighted by atomic mass is 15.2. The second-order valence-electron chi connectivity index (χ2n) is 4.14. The Labute approximate surface area is 94.1 Å². The molecule has 0 N–H and O–H groups in total. The first-order valence-corrected chi connectivity index (χ1v) is 6.11. The topological polar surface area (TPSA) is 3.24 Å². The standard InChI is InChI=1S/C14H23N/c1-4-6-12-15(13(3)5-2)14-10-8-7-9-11-14/h7-11,13H,4-6,12H2,1-3H3. The molecule has 0 heterocycles. The van der Waals surface area contributed by atoms with Crippen LogP contribution in [0.1, 0.15) is 40.0 Å². The average molecular weight is 205 g/mol. The summed E-state index contributed by atoms with van der Waals surface area (Å²) in [5, 5.41) is 0. The molecule has 1 rings (SSSR count). The van der Waals surface area contributed by atoms with Crippen LogP contribution in [0.25, 0.3) is 0 Å². The van der Waals surface area contributed by atoms with Crippen LogP contribution >= 0.6 is 0 Å². The van der Waals surface area contributed by atoms with Gasteiger partial charge < -0.3 is 4.90 Å². The van der Waals surface area contributed by atoms with Crippen LogP contribution in [0.2, 0.25) is 0 Å². The Morgan fingerprint density at radius 2 is 1.80 bits per heavy atom. The molecule has 0 aliphatic heterocycles. The van der Waals surface area contributed by atoms with E-state index in [1.54, 1.807) is 0 Å². The maximum Gasteiger partial charge on any atom is 0.0368 e. The normalized spacial score (nSPS) is 12.5. The number of rotatable bonds is 6. The number of hydrogen-bond donors (Lipinski definition) is 0. The highest BCUT2D eigenvalue weighted by molar-refractivity contribution is 5.46. The molecule has 0 aromatic heterocycles. The molecule has 0 saturated carbocycles. The molecule has 0 aliphatic carbocycles. The number of nitrogens with zero attached hydrogens (tertiary/aromatic N) is 1. The van der Waals surface area contributed by atoms with Crippen LogP contribution in [-0.2, 0) is 0 Å². The SMILES string of the molecule is CCCCN(c1ccccc1)C(C)CC. The van der Waals surface area contributed by atoms with Crippen molar-refractivity contribution in [2.24, 2.45) is 0 Å². The third-order valence-corrected chi connectivity index (χ3v) is 2.96. The third-order valence-electron chi connectivity index (χ3n) is 2.96. The van der Waals surface area contributed by atoms with Crippen molar-refractivity contribution in [3.05, 3.63) is 30.3 Å². The van der Waals surface area contributed by atoms with E-state index in [9.17, 15) is 0 Å². The predicted molar refractivity (Wildman–Crippen MR) is 68.4 cm³/mol. The number of para-hydroxylation sites is 1. The summed E-state index contributed by atoms with van der Waals surface area (Å²) in [6, 6.07) is 11.4. The van der Waals surface area contributed by atoms with E-state index in [0.29, 0.717) is 6.04 Å². The summed E-state index contributed by atoms with van der Waals surface area (Å²) in [7, 11) is 0. The van der Waals surface area contributed by atoms with Crippen molar-refractivity contribution in [1.82, 2.24) is 0 Å². The van der Waals surface area contributed by atoms with Crippen LogP contribution < -0.4 is 4.90 Å². The van der Waals surface area contributed by atoms with Gasteiger partial charge in [-0.15, -0.1) is 0 Å². The highest BCUT2D eigenvalue weighted by Crippen LogP contribution is 2.18. The van der Waals surface area contributed by atoms with Crippen molar-refractivity contribution in [2.75, 3.05) is 11.4 Å². The van der Waals surface area contributed by atoms with Gasteiger partial charge in [-0.25, -0.2) is 0 Å². The van der Waals surface area contributed by atoms with Gasteiger partial charge in [-0.1, -0.05) is 38.5 Å². The lowest BCUT2D eigenvalue weighted by atomic mass is 10.1. The second-order valence-corrected chi connectivity index (χ2v) is 4.14. The fourth-order valence-corrected chi connectivity index (χ4v) is 1.77. The maximum atomic E-state index is 2.52. The Morgan fingerprint density at radius 1 is 1.13 bits per heavy atom. The average Bonchev–Trinajstić information content (AvgIpc) is 2.30. The van der Waals surface area contributed by atoms with Gasteiger partial charge in [0.25, 0.3) is 0 Å². The Morgan fingerprint density at radius 3 is 2.33 bits per heavy atom. The summed E-state index contributed by atoms with van der Waals surface area (Å²) in [4.78, 5) is 2.52. The van der Waals surface area contributed by atoms with E-state index >= 15 is 0 Å². The van der Waals surface area contributed by atoms with Crippen molar-refractivity contribution >= 4 is 5.69 Å². The number of unbranched alkanes of at least 4 members (excludes halogenated alkanes) is 1. The van der Waals surface area contributed by atoms with Crippen LogP contribution in [0.4, 0.5) is 5.69 Å². The quantitative estimate of drug-likeness (QED) is 0.676. The minimum atomic E-state index is 0.638. The molecular weight excluding hydrogens is 182 g/mol. The first-order chi connectivity index (χ1) is 7.29. The molecule has 0 spiro atoms. The molecule has 0 radical (unpaired) electrons. The molecule has 0 amide bonds. The maximum absolute atomic E-state index is 2.52. The highest BCUT2D eigenvalue weighted by Gasteiger charge is 2.11. The van der Waals surface area contributed by atoms with Gasteiger partial charge in [0.2, 0.25) is 0 Å². The van der Waals surface area contributed by atoms with Gasteiger partial charge in [0, 0.05) is 18.3 Å². The molecule has 0 fully saturated rings. The van der Waals surface area contributed by atoms with Crippen molar-refractivity contribution in [3.63, 3.8) is 0 Å². The van der Waals surface area contributed by atoms with E-state index in [-0.39, 0.29) is 0 Å². The summed E-state index contributed by atoms with van der Waals surface area (Å²) in [6.07, 6.45) is 3.75. The van der Waals surface area contributed by atoms with E-state index in [0.717, 1.165) is 0 Å². The zero-order chi connectivity index (χ0) is 11.1. The zero-order valence-electron chi connectivity index (χ0n) is 10.2. The van der Waals surface area contributed by atoms with Crippen LogP contribution in [0, 0.1) is 0 Å². The van der Waals surface area contributed by atoms with Crippen LogP contribution in [-0.4, -0.2) is 12.6 Å². The zero-order valence-corrected chi connectivity index (χ0v) is 10.2. The van der Waals surface area contributed by atoms with Crippen molar-refractivity contribution < 1.29 is 0 Å².